The molecule has 0 radical (unpaired) electrons. The zero-order valence-corrected chi connectivity index (χ0v) is 13.8. The third kappa shape index (κ3) is 3.69. The summed E-state index contributed by atoms with van der Waals surface area (Å²) in [7, 11) is 0. The van der Waals surface area contributed by atoms with Crippen LogP contribution in [-0.4, -0.2) is 9.78 Å². The molecule has 1 heterocycles. The molecule has 2 rings (SSSR count). The minimum Gasteiger partial charge on any atom is -0.249 e. The molecule has 2 nitrogen and oxygen atoms in total. The topological polar surface area (TPSA) is 17.8 Å². The molecule has 20 heavy (non-hydrogen) atoms. The molecule has 2 aromatic rings. The van der Waals surface area contributed by atoms with Crippen molar-refractivity contribution in [2.24, 2.45) is 5.92 Å². The number of aromatic nitrogens is 2. The van der Waals surface area contributed by atoms with Crippen LogP contribution >= 0.6 is 34.8 Å². The molecule has 1 aromatic heterocycles. The molecule has 0 spiro atoms. The van der Waals surface area contributed by atoms with Crippen LogP contribution in [0.5, 0.6) is 0 Å². The summed E-state index contributed by atoms with van der Waals surface area (Å²) in [4.78, 5) is 0. The van der Waals surface area contributed by atoms with Gasteiger partial charge in [0.15, 0.2) is 0 Å². The summed E-state index contributed by atoms with van der Waals surface area (Å²) in [5.74, 6) is 0.902. The Morgan fingerprint density at radius 2 is 2.00 bits per heavy atom. The molecular weight excluding hydrogens is 315 g/mol. The SMILES string of the molecule is CC(C)Cc1nn(Cc2cccc(Cl)c2)c(Cl)c1CCl. The van der Waals surface area contributed by atoms with E-state index in [1.807, 2.05) is 24.3 Å². The van der Waals surface area contributed by atoms with Gasteiger partial charge < -0.3 is 0 Å². The highest BCUT2D eigenvalue weighted by Gasteiger charge is 2.16. The first-order valence-electron chi connectivity index (χ1n) is 6.55. The quantitative estimate of drug-likeness (QED) is 0.691. The Morgan fingerprint density at radius 1 is 1.25 bits per heavy atom. The Hall–Kier alpha value is -0.700. The van der Waals surface area contributed by atoms with E-state index in [1.54, 1.807) is 4.68 Å². The van der Waals surface area contributed by atoms with Crippen LogP contribution in [-0.2, 0) is 18.8 Å². The van der Waals surface area contributed by atoms with E-state index in [1.165, 1.54) is 0 Å². The summed E-state index contributed by atoms with van der Waals surface area (Å²) in [6.07, 6.45) is 0.879. The van der Waals surface area contributed by atoms with Crippen LogP contribution in [0.15, 0.2) is 24.3 Å². The van der Waals surface area contributed by atoms with Gasteiger partial charge >= 0.3 is 0 Å². The van der Waals surface area contributed by atoms with E-state index in [4.69, 9.17) is 34.8 Å². The summed E-state index contributed by atoms with van der Waals surface area (Å²) in [5.41, 5.74) is 2.99. The maximum Gasteiger partial charge on any atom is 0.132 e. The maximum atomic E-state index is 6.39. The molecule has 0 fully saturated rings. The molecule has 0 aliphatic heterocycles. The number of nitrogens with zero attached hydrogens (tertiary/aromatic N) is 2. The predicted octanol–water partition coefficient (Wildman–Crippen LogP) is 5.18. The first kappa shape index (κ1) is 15.7. The molecule has 0 bridgehead atoms. The van der Waals surface area contributed by atoms with Gasteiger partial charge in [-0.05, 0) is 30.0 Å². The summed E-state index contributed by atoms with van der Waals surface area (Å²) in [6.45, 7) is 4.91. The van der Waals surface area contributed by atoms with Gasteiger partial charge in [0.05, 0.1) is 18.1 Å². The zero-order valence-electron chi connectivity index (χ0n) is 11.5. The lowest BCUT2D eigenvalue weighted by molar-refractivity contribution is 0.607. The number of hydrogen-bond donors (Lipinski definition) is 0. The highest BCUT2D eigenvalue weighted by molar-refractivity contribution is 6.31. The number of rotatable bonds is 5. The van der Waals surface area contributed by atoms with Gasteiger partial charge in [-0.15, -0.1) is 11.6 Å². The molecule has 0 aliphatic rings. The average molecular weight is 332 g/mol. The average Bonchev–Trinajstić information content (AvgIpc) is 2.64. The zero-order chi connectivity index (χ0) is 14.7. The van der Waals surface area contributed by atoms with Crippen molar-refractivity contribution >= 4 is 34.8 Å². The number of alkyl halides is 1. The van der Waals surface area contributed by atoms with Gasteiger partial charge in [0.25, 0.3) is 0 Å². The van der Waals surface area contributed by atoms with E-state index >= 15 is 0 Å². The Labute approximate surface area is 134 Å². The predicted molar refractivity (Wildman–Crippen MR) is 85.9 cm³/mol. The first-order valence-corrected chi connectivity index (χ1v) is 7.84. The molecule has 108 valence electrons. The Balaban J connectivity index is 2.30. The number of hydrogen-bond acceptors (Lipinski definition) is 1. The minimum absolute atomic E-state index is 0.385. The third-order valence-corrected chi connectivity index (χ3v) is 3.95. The molecular formula is C15H17Cl3N2. The molecule has 0 saturated heterocycles. The fourth-order valence-corrected chi connectivity index (χ4v) is 2.96. The van der Waals surface area contributed by atoms with Crippen LogP contribution in [0.2, 0.25) is 10.2 Å². The number of benzene rings is 1. The van der Waals surface area contributed by atoms with Crippen molar-refractivity contribution in [2.45, 2.75) is 32.7 Å². The second-order valence-corrected chi connectivity index (χ2v) is 6.30. The van der Waals surface area contributed by atoms with Crippen molar-refractivity contribution in [3.05, 3.63) is 51.3 Å². The van der Waals surface area contributed by atoms with Crippen LogP contribution in [0.25, 0.3) is 0 Å². The second-order valence-electron chi connectivity index (χ2n) is 5.24. The van der Waals surface area contributed by atoms with E-state index in [0.29, 0.717) is 28.5 Å². The molecule has 5 heteroatoms. The van der Waals surface area contributed by atoms with Crippen LogP contribution < -0.4 is 0 Å². The van der Waals surface area contributed by atoms with E-state index in [0.717, 1.165) is 23.2 Å². The monoisotopic (exact) mass is 330 g/mol. The van der Waals surface area contributed by atoms with Crippen LogP contribution in [0.1, 0.15) is 30.7 Å². The number of halogens is 3. The molecule has 1 aromatic carbocycles. The molecule has 0 unspecified atom stereocenters. The molecule has 0 amide bonds. The normalized spacial score (nSPS) is 11.3. The van der Waals surface area contributed by atoms with Crippen molar-refractivity contribution in [3.63, 3.8) is 0 Å². The lowest BCUT2D eigenvalue weighted by Gasteiger charge is -2.04. The fraction of sp³-hybridized carbons (Fsp3) is 0.400. The second kappa shape index (κ2) is 6.84. The molecule has 0 saturated carbocycles. The van der Waals surface area contributed by atoms with E-state index < -0.39 is 0 Å². The Kier molecular flexibility index (Phi) is 5.36. The van der Waals surface area contributed by atoms with Crippen LogP contribution in [0.4, 0.5) is 0 Å². The smallest absolute Gasteiger partial charge is 0.132 e. The van der Waals surface area contributed by atoms with Crippen molar-refractivity contribution in [1.29, 1.82) is 0 Å². The maximum absolute atomic E-state index is 6.39. The Morgan fingerprint density at radius 3 is 2.60 bits per heavy atom. The highest BCUT2D eigenvalue weighted by Crippen LogP contribution is 2.25. The summed E-state index contributed by atoms with van der Waals surface area (Å²) in [5, 5.41) is 5.94. The summed E-state index contributed by atoms with van der Waals surface area (Å²) >= 11 is 18.4. The van der Waals surface area contributed by atoms with E-state index in [2.05, 4.69) is 18.9 Å². The van der Waals surface area contributed by atoms with Crippen molar-refractivity contribution in [2.75, 3.05) is 0 Å². The third-order valence-electron chi connectivity index (χ3n) is 3.02. The fourth-order valence-electron chi connectivity index (χ4n) is 2.12. The molecule has 0 N–H and O–H groups in total. The summed E-state index contributed by atoms with van der Waals surface area (Å²) < 4.78 is 1.79. The summed E-state index contributed by atoms with van der Waals surface area (Å²) in [6, 6.07) is 7.70. The van der Waals surface area contributed by atoms with Gasteiger partial charge in [-0.2, -0.15) is 5.10 Å². The van der Waals surface area contributed by atoms with Gasteiger partial charge in [0.2, 0.25) is 0 Å². The minimum atomic E-state index is 0.385. The lowest BCUT2D eigenvalue weighted by atomic mass is 10.1. The highest BCUT2D eigenvalue weighted by atomic mass is 35.5. The lowest BCUT2D eigenvalue weighted by Crippen LogP contribution is -2.03. The van der Waals surface area contributed by atoms with Gasteiger partial charge in [0, 0.05) is 10.6 Å². The molecule has 0 atom stereocenters. The Bertz CT molecular complexity index is 591. The van der Waals surface area contributed by atoms with Gasteiger partial charge in [-0.25, -0.2) is 4.68 Å². The van der Waals surface area contributed by atoms with Gasteiger partial charge in [-0.1, -0.05) is 49.2 Å². The van der Waals surface area contributed by atoms with Crippen molar-refractivity contribution in [3.8, 4) is 0 Å². The van der Waals surface area contributed by atoms with Crippen LogP contribution in [0, 0.1) is 5.92 Å². The standard InChI is InChI=1S/C15H17Cl3N2/c1-10(2)6-14-13(8-16)15(18)20(19-14)9-11-4-3-5-12(17)7-11/h3-5,7,10H,6,8-9H2,1-2H3. The van der Waals surface area contributed by atoms with Gasteiger partial charge in [-0.3, -0.25) is 0 Å². The first-order chi connectivity index (χ1) is 9.51. The van der Waals surface area contributed by atoms with Crippen LogP contribution in [0.3, 0.4) is 0 Å². The molecule has 0 aliphatic carbocycles. The largest absolute Gasteiger partial charge is 0.249 e. The van der Waals surface area contributed by atoms with Crippen molar-refractivity contribution in [1.82, 2.24) is 9.78 Å². The van der Waals surface area contributed by atoms with E-state index in [-0.39, 0.29) is 0 Å². The van der Waals surface area contributed by atoms with Gasteiger partial charge in [0.1, 0.15) is 5.15 Å². The van der Waals surface area contributed by atoms with Crippen molar-refractivity contribution < 1.29 is 0 Å². The van der Waals surface area contributed by atoms with E-state index in [9.17, 15) is 0 Å².